The number of benzene rings is 2. The molecule has 3 rings (SSSR count). The fourth-order valence-corrected chi connectivity index (χ4v) is 3.33. The lowest BCUT2D eigenvalue weighted by Crippen LogP contribution is -2.21. The molecule has 0 bridgehead atoms. The first-order chi connectivity index (χ1) is 12.5. The molecule has 26 heavy (non-hydrogen) atoms. The van der Waals surface area contributed by atoms with E-state index in [1.807, 2.05) is 25.1 Å². The van der Waals surface area contributed by atoms with Crippen molar-refractivity contribution in [1.82, 2.24) is 0 Å². The minimum atomic E-state index is -1.07. The first kappa shape index (κ1) is 17.7. The van der Waals surface area contributed by atoms with E-state index >= 15 is 0 Å². The van der Waals surface area contributed by atoms with Crippen molar-refractivity contribution in [3.63, 3.8) is 0 Å². The van der Waals surface area contributed by atoms with E-state index in [1.54, 1.807) is 18.2 Å². The summed E-state index contributed by atoms with van der Waals surface area (Å²) in [5.41, 5.74) is 2.45. The fraction of sp³-hybridized carbons (Fsp3) is 0.238. The number of hydrogen-bond donors (Lipinski definition) is 1. The summed E-state index contributed by atoms with van der Waals surface area (Å²) in [4.78, 5) is 26.4. The Balaban J connectivity index is 2.26. The molecule has 5 nitrogen and oxygen atoms in total. The minimum absolute atomic E-state index is 0.0852. The van der Waals surface area contributed by atoms with Crippen molar-refractivity contribution in [2.75, 3.05) is 18.0 Å². The van der Waals surface area contributed by atoms with Crippen molar-refractivity contribution in [3.8, 4) is 11.1 Å². The lowest BCUT2D eigenvalue weighted by Gasteiger charge is -2.21. The Hall–Kier alpha value is -3.08. The normalized spacial score (nSPS) is 10.9. The Morgan fingerprint density at radius 3 is 2.46 bits per heavy atom. The molecule has 5 heteroatoms. The molecule has 0 aliphatic heterocycles. The van der Waals surface area contributed by atoms with Crippen LogP contribution in [0.3, 0.4) is 0 Å². The van der Waals surface area contributed by atoms with Gasteiger partial charge in [-0.2, -0.15) is 0 Å². The van der Waals surface area contributed by atoms with Crippen LogP contribution in [0, 0.1) is 6.92 Å². The summed E-state index contributed by atoms with van der Waals surface area (Å²) in [7, 11) is 0. The summed E-state index contributed by atoms with van der Waals surface area (Å²) in [6.45, 7) is 7.68. The Morgan fingerprint density at radius 2 is 1.81 bits per heavy atom. The molecule has 3 aromatic rings. The number of aryl methyl sites for hydroxylation is 1. The van der Waals surface area contributed by atoms with Gasteiger partial charge in [-0.25, -0.2) is 9.59 Å². The molecule has 0 aliphatic carbocycles. The molecule has 1 N–H and O–H groups in total. The number of rotatable bonds is 5. The zero-order valence-corrected chi connectivity index (χ0v) is 15.1. The monoisotopic (exact) mass is 351 g/mol. The third kappa shape index (κ3) is 2.96. The largest absolute Gasteiger partial charge is 0.478 e. The quantitative estimate of drug-likeness (QED) is 0.694. The van der Waals surface area contributed by atoms with Gasteiger partial charge in [-0.15, -0.1) is 0 Å². The molecule has 0 spiro atoms. The van der Waals surface area contributed by atoms with E-state index in [-0.39, 0.29) is 5.56 Å². The lowest BCUT2D eigenvalue weighted by atomic mass is 9.95. The van der Waals surface area contributed by atoms with E-state index in [2.05, 4.69) is 18.7 Å². The average Bonchev–Trinajstić information content (AvgIpc) is 2.63. The molecule has 0 aliphatic rings. The summed E-state index contributed by atoms with van der Waals surface area (Å²) in [6, 6.07) is 12.3. The van der Waals surface area contributed by atoms with Crippen LogP contribution in [0.4, 0.5) is 5.69 Å². The molecule has 134 valence electrons. The molecule has 2 aromatic carbocycles. The Morgan fingerprint density at radius 1 is 1.12 bits per heavy atom. The van der Waals surface area contributed by atoms with Gasteiger partial charge >= 0.3 is 11.6 Å². The van der Waals surface area contributed by atoms with Gasteiger partial charge in [0.2, 0.25) is 0 Å². The third-order valence-corrected chi connectivity index (χ3v) is 4.71. The fourth-order valence-electron chi connectivity index (χ4n) is 3.33. The predicted octanol–water partition coefficient (Wildman–Crippen LogP) is 4.31. The molecule has 0 unspecified atom stereocenters. The molecule has 0 saturated carbocycles. The molecule has 1 aromatic heterocycles. The number of aromatic carboxylic acids is 1. The van der Waals surface area contributed by atoms with Gasteiger partial charge in [-0.05, 0) is 44.5 Å². The Kier molecular flexibility index (Phi) is 4.80. The molecular weight excluding hydrogens is 330 g/mol. The first-order valence-electron chi connectivity index (χ1n) is 8.63. The van der Waals surface area contributed by atoms with Gasteiger partial charge in [0.1, 0.15) is 5.58 Å². The second-order valence-corrected chi connectivity index (χ2v) is 6.09. The molecule has 0 fully saturated rings. The zero-order valence-electron chi connectivity index (χ0n) is 15.1. The highest BCUT2D eigenvalue weighted by atomic mass is 16.4. The summed E-state index contributed by atoms with van der Waals surface area (Å²) in [6.07, 6.45) is 0. The van der Waals surface area contributed by atoms with E-state index in [1.165, 1.54) is 6.07 Å². The predicted molar refractivity (Wildman–Crippen MR) is 103 cm³/mol. The number of hydrogen-bond acceptors (Lipinski definition) is 4. The van der Waals surface area contributed by atoms with Crippen LogP contribution in [0.1, 0.15) is 29.8 Å². The number of carboxylic acid groups (broad SMARTS) is 1. The van der Waals surface area contributed by atoms with Gasteiger partial charge in [-0.3, -0.25) is 0 Å². The number of anilines is 1. The van der Waals surface area contributed by atoms with Crippen LogP contribution in [0.5, 0.6) is 0 Å². The zero-order chi connectivity index (χ0) is 18.8. The topological polar surface area (TPSA) is 70.8 Å². The van der Waals surface area contributed by atoms with E-state index in [9.17, 15) is 14.7 Å². The van der Waals surface area contributed by atoms with Gasteiger partial charge in [0.15, 0.2) is 0 Å². The first-order valence-corrected chi connectivity index (χ1v) is 8.63. The van der Waals surface area contributed by atoms with Crippen molar-refractivity contribution >= 4 is 22.6 Å². The van der Waals surface area contributed by atoms with Crippen LogP contribution in [0.2, 0.25) is 0 Å². The van der Waals surface area contributed by atoms with Crippen molar-refractivity contribution in [3.05, 3.63) is 64.0 Å². The molecule has 0 radical (unpaired) electrons. The van der Waals surface area contributed by atoms with Crippen LogP contribution >= 0.6 is 0 Å². The standard InChI is InChI=1S/C21H21NO4/c1-4-22(5-2)14-10-11-15-13(3)19(21(25)26-18(15)12-14)16-8-6-7-9-17(16)20(23)24/h6-12H,4-5H2,1-3H3,(H,23,24). The van der Waals surface area contributed by atoms with E-state index in [0.717, 1.165) is 29.7 Å². The average molecular weight is 351 g/mol. The Bertz CT molecular complexity index is 1030. The maximum absolute atomic E-state index is 12.7. The molecule has 0 atom stereocenters. The molecule has 0 saturated heterocycles. The number of nitrogens with zero attached hydrogens (tertiary/aromatic N) is 1. The maximum atomic E-state index is 12.7. The van der Waals surface area contributed by atoms with Gasteiger partial charge in [-0.1, -0.05) is 18.2 Å². The van der Waals surface area contributed by atoms with E-state index in [4.69, 9.17) is 4.42 Å². The van der Waals surface area contributed by atoms with Crippen molar-refractivity contribution in [1.29, 1.82) is 0 Å². The summed E-state index contributed by atoms with van der Waals surface area (Å²) < 4.78 is 5.57. The van der Waals surface area contributed by atoms with Crippen LogP contribution in [-0.2, 0) is 0 Å². The van der Waals surface area contributed by atoms with Gasteiger partial charge < -0.3 is 14.4 Å². The van der Waals surface area contributed by atoms with Crippen LogP contribution in [0.25, 0.3) is 22.1 Å². The molecular formula is C21H21NO4. The molecule has 0 amide bonds. The lowest BCUT2D eigenvalue weighted by molar-refractivity contribution is 0.0697. The van der Waals surface area contributed by atoms with Gasteiger partial charge in [0.25, 0.3) is 0 Å². The third-order valence-electron chi connectivity index (χ3n) is 4.71. The summed E-state index contributed by atoms with van der Waals surface area (Å²) in [5, 5.41) is 10.2. The van der Waals surface area contributed by atoms with Crippen LogP contribution in [0.15, 0.2) is 51.7 Å². The second kappa shape index (κ2) is 7.04. The highest BCUT2D eigenvalue weighted by Gasteiger charge is 2.19. The molecule has 1 heterocycles. The van der Waals surface area contributed by atoms with Crippen LogP contribution < -0.4 is 10.5 Å². The SMILES string of the molecule is CCN(CC)c1ccc2c(C)c(-c3ccccc3C(=O)O)c(=O)oc2c1. The maximum Gasteiger partial charge on any atom is 0.344 e. The smallest absolute Gasteiger partial charge is 0.344 e. The second-order valence-electron chi connectivity index (χ2n) is 6.09. The van der Waals surface area contributed by atoms with Crippen LogP contribution in [-0.4, -0.2) is 24.2 Å². The van der Waals surface area contributed by atoms with E-state index < -0.39 is 11.6 Å². The van der Waals surface area contributed by atoms with Crippen molar-refractivity contribution < 1.29 is 14.3 Å². The number of fused-ring (bicyclic) bond motifs is 1. The Labute approximate surface area is 151 Å². The van der Waals surface area contributed by atoms with E-state index in [0.29, 0.717) is 16.7 Å². The highest BCUT2D eigenvalue weighted by molar-refractivity contribution is 5.98. The minimum Gasteiger partial charge on any atom is -0.478 e. The number of carbonyl (C=O) groups is 1. The van der Waals surface area contributed by atoms with Gasteiger partial charge in [0, 0.05) is 35.8 Å². The number of carboxylic acids is 1. The van der Waals surface area contributed by atoms with Crippen molar-refractivity contribution in [2.45, 2.75) is 20.8 Å². The van der Waals surface area contributed by atoms with Gasteiger partial charge in [0.05, 0.1) is 11.1 Å². The highest BCUT2D eigenvalue weighted by Crippen LogP contribution is 2.31. The summed E-state index contributed by atoms with van der Waals surface area (Å²) >= 11 is 0. The summed E-state index contributed by atoms with van der Waals surface area (Å²) in [5.74, 6) is -1.07. The van der Waals surface area contributed by atoms with Crippen molar-refractivity contribution in [2.24, 2.45) is 0 Å².